The van der Waals surface area contributed by atoms with Crippen molar-refractivity contribution in [1.82, 2.24) is 20.0 Å². The minimum atomic E-state index is -0.500. The number of carbonyl (C=O) groups is 2. The van der Waals surface area contributed by atoms with Crippen LogP contribution in [0.15, 0.2) is 48.5 Å². The Bertz CT molecular complexity index is 1130. The van der Waals surface area contributed by atoms with Gasteiger partial charge in [-0.05, 0) is 48.9 Å². The zero-order valence-electron chi connectivity index (χ0n) is 17.5. The van der Waals surface area contributed by atoms with Gasteiger partial charge in [-0.2, -0.15) is 5.10 Å². The molecule has 0 bridgehead atoms. The average Bonchev–Trinajstić information content (AvgIpc) is 3.18. The summed E-state index contributed by atoms with van der Waals surface area (Å²) in [4.78, 5) is 27.1. The van der Waals surface area contributed by atoms with Crippen LogP contribution in [0.3, 0.4) is 0 Å². The molecule has 32 heavy (non-hydrogen) atoms. The van der Waals surface area contributed by atoms with Gasteiger partial charge in [0.2, 0.25) is 0 Å². The molecule has 0 fully saturated rings. The van der Waals surface area contributed by atoms with E-state index in [9.17, 15) is 9.59 Å². The Morgan fingerprint density at radius 2 is 1.72 bits per heavy atom. The predicted molar refractivity (Wildman–Crippen MR) is 122 cm³/mol. The van der Waals surface area contributed by atoms with Crippen molar-refractivity contribution in [3.05, 3.63) is 81.1 Å². The largest absolute Gasteiger partial charge is 0.461 e. The molecule has 0 aliphatic carbocycles. The molecule has 166 valence electrons. The quantitative estimate of drug-likeness (QED) is 0.549. The molecule has 0 saturated heterocycles. The lowest BCUT2D eigenvalue weighted by Crippen LogP contribution is -2.42. The van der Waals surface area contributed by atoms with Crippen molar-refractivity contribution in [2.75, 3.05) is 13.2 Å². The molecule has 0 unspecified atom stereocenters. The van der Waals surface area contributed by atoms with Gasteiger partial charge in [0.05, 0.1) is 24.5 Å². The third-order valence-corrected chi connectivity index (χ3v) is 5.75. The summed E-state index contributed by atoms with van der Waals surface area (Å²) in [5, 5.41) is 8.72. The van der Waals surface area contributed by atoms with E-state index in [2.05, 4.69) is 10.4 Å². The van der Waals surface area contributed by atoms with Crippen LogP contribution in [0.4, 0.5) is 4.79 Å². The summed E-state index contributed by atoms with van der Waals surface area (Å²) < 4.78 is 6.94. The predicted octanol–water partition coefficient (Wildman–Crippen LogP) is 4.62. The van der Waals surface area contributed by atoms with Gasteiger partial charge in [-0.15, -0.1) is 0 Å². The first-order chi connectivity index (χ1) is 15.5. The molecule has 3 aromatic rings. The summed E-state index contributed by atoms with van der Waals surface area (Å²) in [5.41, 5.74) is 3.56. The molecule has 0 radical (unpaired) electrons. The third-order valence-electron chi connectivity index (χ3n) is 5.24. The fraction of sp³-hybridized carbons (Fsp3) is 0.261. The Balaban J connectivity index is 1.56. The fourth-order valence-electron chi connectivity index (χ4n) is 3.64. The number of fused-ring (bicyclic) bond motifs is 1. The summed E-state index contributed by atoms with van der Waals surface area (Å²) in [7, 11) is 0. The van der Waals surface area contributed by atoms with E-state index < -0.39 is 5.97 Å². The number of ether oxygens (including phenoxy) is 1. The first kappa shape index (κ1) is 22.2. The van der Waals surface area contributed by atoms with Crippen molar-refractivity contribution in [1.29, 1.82) is 0 Å². The maximum absolute atomic E-state index is 12.8. The van der Waals surface area contributed by atoms with Gasteiger partial charge in [0, 0.05) is 35.1 Å². The maximum Gasteiger partial charge on any atom is 0.359 e. The normalized spacial score (nSPS) is 12.9. The van der Waals surface area contributed by atoms with Crippen LogP contribution in [0.25, 0.3) is 5.69 Å². The molecular weight excluding hydrogens is 451 g/mol. The molecular formula is C23H22Cl2N4O3. The van der Waals surface area contributed by atoms with E-state index in [4.69, 9.17) is 27.9 Å². The SMILES string of the molecule is CCOC(=O)c1nn(-c2ccc(Cl)cc2)c2c1CN(C(=O)NCc1ccc(Cl)cc1)CC2. The van der Waals surface area contributed by atoms with Gasteiger partial charge in [-0.25, -0.2) is 14.3 Å². The van der Waals surface area contributed by atoms with E-state index in [1.165, 1.54) is 0 Å². The lowest BCUT2D eigenvalue weighted by molar-refractivity contribution is 0.0516. The Morgan fingerprint density at radius 3 is 2.38 bits per heavy atom. The van der Waals surface area contributed by atoms with Crippen molar-refractivity contribution in [2.24, 2.45) is 0 Å². The number of hydrogen-bond donors (Lipinski definition) is 1. The molecule has 4 rings (SSSR count). The highest BCUT2D eigenvalue weighted by molar-refractivity contribution is 6.30. The lowest BCUT2D eigenvalue weighted by atomic mass is 10.0. The molecule has 0 saturated carbocycles. The van der Waals surface area contributed by atoms with Crippen LogP contribution in [0.5, 0.6) is 0 Å². The molecule has 0 spiro atoms. The van der Waals surface area contributed by atoms with E-state index in [0.29, 0.717) is 35.1 Å². The van der Waals surface area contributed by atoms with E-state index in [1.54, 1.807) is 40.8 Å². The third kappa shape index (κ3) is 4.74. The Labute approximate surface area is 195 Å². The van der Waals surface area contributed by atoms with Crippen LogP contribution >= 0.6 is 23.2 Å². The molecule has 1 aliphatic heterocycles. The first-order valence-electron chi connectivity index (χ1n) is 10.3. The zero-order chi connectivity index (χ0) is 22.7. The highest BCUT2D eigenvalue weighted by atomic mass is 35.5. The van der Waals surface area contributed by atoms with Gasteiger partial charge in [0.15, 0.2) is 5.69 Å². The van der Waals surface area contributed by atoms with Crippen LogP contribution in [-0.2, 0) is 24.2 Å². The van der Waals surface area contributed by atoms with Gasteiger partial charge in [0.25, 0.3) is 0 Å². The second kappa shape index (κ2) is 9.63. The van der Waals surface area contributed by atoms with Gasteiger partial charge >= 0.3 is 12.0 Å². The maximum atomic E-state index is 12.8. The number of esters is 1. The summed E-state index contributed by atoms with van der Waals surface area (Å²) >= 11 is 11.9. The topological polar surface area (TPSA) is 76.5 Å². The lowest BCUT2D eigenvalue weighted by Gasteiger charge is -2.28. The van der Waals surface area contributed by atoms with Gasteiger partial charge in [-0.1, -0.05) is 35.3 Å². The minimum Gasteiger partial charge on any atom is -0.461 e. The van der Waals surface area contributed by atoms with Crippen molar-refractivity contribution >= 4 is 35.2 Å². The molecule has 2 heterocycles. The number of carbonyl (C=O) groups excluding carboxylic acids is 2. The number of nitrogens with one attached hydrogen (secondary N) is 1. The summed E-state index contributed by atoms with van der Waals surface area (Å²) in [6, 6.07) is 14.3. The Hall–Kier alpha value is -3.03. The molecule has 1 aliphatic rings. The van der Waals surface area contributed by atoms with Crippen LogP contribution in [0, 0.1) is 0 Å². The molecule has 2 amide bonds. The second-order valence-electron chi connectivity index (χ2n) is 7.34. The van der Waals surface area contributed by atoms with Crippen LogP contribution in [0.1, 0.15) is 34.2 Å². The number of benzene rings is 2. The summed E-state index contributed by atoms with van der Waals surface area (Å²) in [6.45, 7) is 3.14. The highest BCUT2D eigenvalue weighted by Crippen LogP contribution is 2.27. The first-order valence-corrected chi connectivity index (χ1v) is 11.0. The van der Waals surface area contributed by atoms with E-state index >= 15 is 0 Å². The van der Waals surface area contributed by atoms with Crippen LogP contribution in [0.2, 0.25) is 10.0 Å². The highest BCUT2D eigenvalue weighted by Gasteiger charge is 2.31. The van der Waals surface area contributed by atoms with Crippen molar-refractivity contribution in [3.63, 3.8) is 0 Å². The average molecular weight is 473 g/mol. The van der Waals surface area contributed by atoms with Crippen molar-refractivity contribution < 1.29 is 14.3 Å². The number of nitrogens with zero attached hydrogens (tertiary/aromatic N) is 3. The van der Waals surface area contributed by atoms with Crippen LogP contribution < -0.4 is 5.32 Å². The number of hydrogen-bond acceptors (Lipinski definition) is 4. The summed E-state index contributed by atoms with van der Waals surface area (Å²) in [6.07, 6.45) is 0.554. The molecule has 9 heteroatoms. The molecule has 7 nitrogen and oxygen atoms in total. The number of aromatic nitrogens is 2. The van der Waals surface area contributed by atoms with E-state index in [0.717, 1.165) is 16.9 Å². The Kier molecular flexibility index (Phi) is 6.67. The number of amides is 2. The monoisotopic (exact) mass is 472 g/mol. The number of rotatable bonds is 5. The molecule has 1 N–H and O–H groups in total. The minimum absolute atomic E-state index is 0.209. The number of halogens is 2. The van der Waals surface area contributed by atoms with E-state index in [1.807, 2.05) is 24.3 Å². The van der Waals surface area contributed by atoms with E-state index in [-0.39, 0.29) is 24.9 Å². The molecule has 1 aromatic heterocycles. The van der Waals surface area contributed by atoms with Gasteiger partial charge in [-0.3, -0.25) is 0 Å². The van der Waals surface area contributed by atoms with Gasteiger partial charge < -0.3 is 15.0 Å². The molecule has 2 aromatic carbocycles. The molecule has 0 atom stereocenters. The fourth-order valence-corrected chi connectivity index (χ4v) is 3.90. The second-order valence-corrected chi connectivity index (χ2v) is 8.21. The van der Waals surface area contributed by atoms with Crippen molar-refractivity contribution in [3.8, 4) is 5.69 Å². The smallest absolute Gasteiger partial charge is 0.359 e. The van der Waals surface area contributed by atoms with Crippen molar-refractivity contribution in [2.45, 2.75) is 26.4 Å². The summed E-state index contributed by atoms with van der Waals surface area (Å²) in [5.74, 6) is -0.500. The van der Waals surface area contributed by atoms with Crippen LogP contribution in [-0.4, -0.2) is 39.8 Å². The zero-order valence-corrected chi connectivity index (χ0v) is 19.0. The number of urea groups is 1. The Morgan fingerprint density at radius 1 is 1.06 bits per heavy atom. The standard InChI is InChI=1S/C23H22Cl2N4O3/c1-2-32-22(30)21-19-14-28(23(31)26-13-15-3-5-16(24)6-4-15)12-11-20(19)29(27-21)18-9-7-17(25)8-10-18/h3-10H,2,11-14H2,1H3,(H,26,31). The van der Waals surface area contributed by atoms with Gasteiger partial charge in [0.1, 0.15) is 0 Å².